The van der Waals surface area contributed by atoms with Crippen molar-refractivity contribution in [2.75, 3.05) is 6.54 Å². The summed E-state index contributed by atoms with van der Waals surface area (Å²) in [6, 6.07) is 0. The van der Waals surface area contributed by atoms with Crippen LogP contribution in [0.4, 0.5) is 13.2 Å². The highest BCUT2D eigenvalue weighted by atomic mass is 19.4. The molecule has 1 unspecified atom stereocenters. The molecule has 0 aromatic carbocycles. The number of alkyl halides is 3. The Morgan fingerprint density at radius 2 is 1.83 bits per heavy atom. The zero-order chi connectivity index (χ0) is 17.8. The maximum Gasteiger partial charge on any atom is 0.412 e. The number of aliphatic imine (C=N–C) groups is 1. The Kier molecular flexibility index (Phi) is 5.66. The van der Waals surface area contributed by atoms with E-state index in [0.717, 1.165) is 6.08 Å². The number of nitrogens with zero attached hydrogens (tertiary/aromatic N) is 1. The number of nitrogens with one attached hydrogen (secondary N) is 2. The summed E-state index contributed by atoms with van der Waals surface area (Å²) in [6.45, 7) is -0.296. The van der Waals surface area contributed by atoms with E-state index in [1.54, 1.807) is 0 Å². The van der Waals surface area contributed by atoms with Crippen LogP contribution in [0.5, 0.6) is 0 Å². The van der Waals surface area contributed by atoms with Crippen LogP contribution in [0.15, 0.2) is 28.3 Å². The largest absolute Gasteiger partial charge is 0.412 e. The lowest BCUT2D eigenvalue weighted by Crippen LogP contribution is -2.37. The summed E-state index contributed by atoms with van der Waals surface area (Å²) < 4.78 is 37.5. The molecular formula is C13H17F3N6O. The van der Waals surface area contributed by atoms with Crippen LogP contribution < -0.4 is 17.2 Å². The molecule has 0 bridgehead atoms. The third-order valence-corrected chi connectivity index (χ3v) is 3.25. The van der Waals surface area contributed by atoms with Gasteiger partial charge in [-0.05, 0) is 18.4 Å². The summed E-state index contributed by atoms with van der Waals surface area (Å²) >= 11 is 0. The number of amidine groups is 2. The van der Waals surface area contributed by atoms with Gasteiger partial charge in [-0.3, -0.25) is 20.6 Å². The van der Waals surface area contributed by atoms with E-state index in [2.05, 4.69) is 4.99 Å². The van der Waals surface area contributed by atoms with Gasteiger partial charge in [-0.1, -0.05) is 12.2 Å². The third-order valence-electron chi connectivity index (χ3n) is 3.25. The molecule has 1 aliphatic rings. The van der Waals surface area contributed by atoms with Gasteiger partial charge in [0.05, 0.1) is 12.3 Å². The van der Waals surface area contributed by atoms with E-state index < -0.39 is 29.4 Å². The predicted molar refractivity (Wildman–Crippen MR) is 80.3 cm³/mol. The molecule has 23 heavy (non-hydrogen) atoms. The Morgan fingerprint density at radius 3 is 2.22 bits per heavy atom. The average Bonchev–Trinajstić information content (AvgIpc) is 2.45. The molecule has 1 atom stereocenters. The van der Waals surface area contributed by atoms with Crippen LogP contribution in [0.1, 0.15) is 12.8 Å². The Hall–Kier alpha value is -2.65. The van der Waals surface area contributed by atoms with E-state index in [1.807, 2.05) is 0 Å². The van der Waals surface area contributed by atoms with Crippen LogP contribution in [0, 0.1) is 16.7 Å². The molecule has 0 aromatic heterocycles. The van der Waals surface area contributed by atoms with Crippen LogP contribution in [-0.2, 0) is 4.79 Å². The molecule has 8 N–H and O–H groups in total. The summed E-state index contributed by atoms with van der Waals surface area (Å²) in [5.41, 5.74) is 15.2. The van der Waals surface area contributed by atoms with Crippen molar-refractivity contribution < 1.29 is 18.0 Å². The fourth-order valence-corrected chi connectivity index (χ4v) is 1.86. The van der Waals surface area contributed by atoms with Crippen molar-refractivity contribution in [2.24, 2.45) is 28.1 Å². The topological polar surface area (TPSA) is 155 Å². The second kappa shape index (κ2) is 7.07. The molecule has 0 saturated carbocycles. The number of allylic oxidation sites excluding steroid dienone is 3. The van der Waals surface area contributed by atoms with E-state index in [1.165, 1.54) is 6.08 Å². The summed E-state index contributed by atoms with van der Waals surface area (Å²) in [4.78, 5) is 14.8. The van der Waals surface area contributed by atoms with Gasteiger partial charge in [-0.2, -0.15) is 13.2 Å². The van der Waals surface area contributed by atoms with Gasteiger partial charge in [0.2, 0.25) is 5.91 Å². The quantitative estimate of drug-likeness (QED) is 0.358. The number of halogens is 3. The molecule has 126 valence electrons. The van der Waals surface area contributed by atoms with Crippen LogP contribution in [0.3, 0.4) is 0 Å². The zero-order valence-corrected chi connectivity index (χ0v) is 12.1. The monoisotopic (exact) mass is 330 g/mol. The maximum atomic E-state index is 12.5. The summed E-state index contributed by atoms with van der Waals surface area (Å²) in [5.74, 6) is -2.73. The SMILES string of the molecule is N=C(C1=CC=C(C(F)(F)F)CC1)C(N)=NCC(C(=N)N)C(N)=O. The summed E-state index contributed by atoms with van der Waals surface area (Å²) in [5, 5.41) is 15.0. The first-order valence-corrected chi connectivity index (χ1v) is 6.53. The molecule has 0 radical (unpaired) electrons. The van der Waals surface area contributed by atoms with Gasteiger partial charge < -0.3 is 17.2 Å². The molecule has 0 aliphatic heterocycles. The number of nitrogens with two attached hydrogens (primary N) is 3. The van der Waals surface area contributed by atoms with Gasteiger partial charge in [0, 0.05) is 5.57 Å². The highest BCUT2D eigenvalue weighted by Gasteiger charge is 2.34. The van der Waals surface area contributed by atoms with Crippen molar-refractivity contribution >= 4 is 23.3 Å². The minimum absolute atomic E-state index is 0.00630. The number of amides is 1. The lowest BCUT2D eigenvalue weighted by Gasteiger charge is -2.17. The summed E-state index contributed by atoms with van der Waals surface area (Å²) in [7, 11) is 0. The van der Waals surface area contributed by atoms with E-state index in [0.29, 0.717) is 5.57 Å². The van der Waals surface area contributed by atoms with Crippen LogP contribution in [-0.4, -0.2) is 36.0 Å². The van der Waals surface area contributed by atoms with Crippen molar-refractivity contribution in [3.63, 3.8) is 0 Å². The molecule has 1 amide bonds. The minimum Gasteiger partial charge on any atom is -0.387 e. The van der Waals surface area contributed by atoms with Gasteiger partial charge >= 0.3 is 6.18 Å². The minimum atomic E-state index is -4.39. The number of hydrogen-bond acceptors (Lipinski definition) is 4. The highest BCUT2D eigenvalue weighted by molar-refractivity contribution is 6.45. The van der Waals surface area contributed by atoms with Crippen molar-refractivity contribution in [1.82, 2.24) is 0 Å². The normalized spacial score (nSPS) is 17.1. The number of rotatable bonds is 6. The molecular weight excluding hydrogens is 313 g/mol. The lowest BCUT2D eigenvalue weighted by atomic mass is 9.94. The summed E-state index contributed by atoms with van der Waals surface area (Å²) in [6.07, 6.45) is -2.55. The molecule has 0 spiro atoms. The van der Waals surface area contributed by atoms with Gasteiger partial charge in [-0.25, -0.2) is 0 Å². The standard InChI is InChI=1S/C13H17F3N6O/c14-13(15,16)7-3-1-6(2-4-7)9(17)11(20)22-5-8(10(18)19)12(21)23/h1,3,8,17H,2,4-5H2,(H3,18,19)(H2,20,22)(H2,21,23). The first-order chi connectivity index (χ1) is 10.5. The van der Waals surface area contributed by atoms with Crippen LogP contribution >= 0.6 is 0 Å². The maximum absolute atomic E-state index is 12.5. The Labute approximate surface area is 130 Å². The smallest absolute Gasteiger partial charge is 0.387 e. The molecule has 0 heterocycles. The number of carbonyl (C=O) groups is 1. The Balaban J connectivity index is 2.84. The van der Waals surface area contributed by atoms with Crippen molar-refractivity contribution in [3.8, 4) is 0 Å². The Morgan fingerprint density at radius 1 is 1.22 bits per heavy atom. The second-order valence-electron chi connectivity index (χ2n) is 4.89. The first-order valence-electron chi connectivity index (χ1n) is 6.53. The van der Waals surface area contributed by atoms with E-state index in [4.69, 9.17) is 28.0 Å². The molecule has 0 saturated heterocycles. The average molecular weight is 330 g/mol. The number of primary amides is 1. The predicted octanol–water partition coefficient (Wildman–Crippen LogP) is 0.610. The second-order valence-corrected chi connectivity index (χ2v) is 4.89. The fourth-order valence-electron chi connectivity index (χ4n) is 1.86. The number of hydrogen-bond donors (Lipinski definition) is 5. The molecule has 7 nitrogen and oxygen atoms in total. The van der Waals surface area contributed by atoms with Crippen molar-refractivity contribution in [3.05, 3.63) is 23.3 Å². The molecule has 0 aromatic rings. The van der Waals surface area contributed by atoms with Crippen LogP contribution in [0.25, 0.3) is 0 Å². The van der Waals surface area contributed by atoms with Gasteiger partial charge in [0.1, 0.15) is 17.6 Å². The highest BCUT2D eigenvalue weighted by Crippen LogP contribution is 2.32. The lowest BCUT2D eigenvalue weighted by molar-refractivity contribution is -0.119. The van der Waals surface area contributed by atoms with Gasteiger partial charge in [-0.15, -0.1) is 0 Å². The van der Waals surface area contributed by atoms with Gasteiger partial charge in [0.15, 0.2) is 0 Å². The third kappa shape index (κ3) is 4.94. The molecule has 1 aliphatic carbocycles. The van der Waals surface area contributed by atoms with Crippen LogP contribution in [0.2, 0.25) is 0 Å². The molecule has 0 fully saturated rings. The fraction of sp³-hybridized carbons (Fsp3) is 0.385. The van der Waals surface area contributed by atoms with Crippen molar-refractivity contribution in [2.45, 2.75) is 19.0 Å². The first kappa shape index (κ1) is 18.4. The number of carbonyl (C=O) groups excluding carboxylic acids is 1. The van der Waals surface area contributed by atoms with E-state index in [9.17, 15) is 18.0 Å². The van der Waals surface area contributed by atoms with Crippen molar-refractivity contribution in [1.29, 1.82) is 10.8 Å². The van der Waals surface area contributed by atoms with E-state index in [-0.39, 0.29) is 30.9 Å². The molecule has 1 rings (SSSR count). The molecule has 10 heteroatoms. The van der Waals surface area contributed by atoms with E-state index >= 15 is 0 Å². The Bertz CT molecular complexity index is 604. The van der Waals surface area contributed by atoms with Gasteiger partial charge in [0.25, 0.3) is 0 Å². The zero-order valence-electron chi connectivity index (χ0n) is 12.1.